The van der Waals surface area contributed by atoms with E-state index in [1.54, 1.807) is 7.11 Å². The molecule has 1 aliphatic carbocycles. The molecule has 4 rings (SSSR count). The van der Waals surface area contributed by atoms with Gasteiger partial charge in [-0.05, 0) is 42.8 Å². The lowest BCUT2D eigenvalue weighted by molar-refractivity contribution is -0.210. The molecular formula is C22H30N2O3. The predicted octanol–water partition coefficient (Wildman–Crippen LogP) is 2.54. The summed E-state index contributed by atoms with van der Waals surface area (Å²) in [6.07, 6.45) is 2.60. The molecule has 0 radical (unpaired) electrons. The zero-order valence-corrected chi connectivity index (χ0v) is 16.1. The molecule has 0 bridgehead atoms. The lowest BCUT2D eigenvalue weighted by atomic mass is 9.58. The number of benzene rings is 2. The first-order chi connectivity index (χ1) is 13.2. The molecule has 5 heteroatoms. The van der Waals surface area contributed by atoms with Gasteiger partial charge in [0.25, 0.3) is 0 Å². The molecule has 0 amide bonds. The third-order valence-electron chi connectivity index (χ3n) is 6.57. The number of fused-ring (bicyclic) bond motifs is 1. The summed E-state index contributed by atoms with van der Waals surface area (Å²) in [5.74, 6) is 0.946. The van der Waals surface area contributed by atoms with E-state index in [9.17, 15) is 5.11 Å². The van der Waals surface area contributed by atoms with Crippen LogP contribution in [0.2, 0.25) is 0 Å². The zero-order valence-electron chi connectivity index (χ0n) is 16.1. The van der Waals surface area contributed by atoms with Gasteiger partial charge in [0.15, 0.2) is 0 Å². The number of hydrogen-bond acceptors (Lipinski definition) is 5. The Morgan fingerprint density at radius 2 is 1.96 bits per heavy atom. The molecule has 1 saturated carbocycles. The molecule has 1 aliphatic heterocycles. The van der Waals surface area contributed by atoms with Gasteiger partial charge in [-0.2, -0.15) is 0 Å². The molecular weight excluding hydrogens is 340 g/mol. The Morgan fingerprint density at radius 1 is 1.19 bits per heavy atom. The first kappa shape index (κ1) is 18.7. The van der Waals surface area contributed by atoms with Crippen LogP contribution in [0.15, 0.2) is 36.4 Å². The van der Waals surface area contributed by atoms with Crippen molar-refractivity contribution < 1.29 is 14.6 Å². The highest BCUT2D eigenvalue weighted by Crippen LogP contribution is 2.51. The average Bonchev–Trinajstić information content (AvgIpc) is 2.71. The Morgan fingerprint density at radius 3 is 2.67 bits per heavy atom. The summed E-state index contributed by atoms with van der Waals surface area (Å²) in [5, 5.41) is 12.9. The lowest BCUT2D eigenvalue weighted by Gasteiger charge is -2.56. The van der Waals surface area contributed by atoms with Crippen molar-refractivity contribution in [3.63, 3.8) is 0 Å². The summed E-state index contributed by atoms with van der Waals surface area (Å²) in [6, 6.07) is 12.7. The summed E-state index contributed by atoms with van der Waals surface area (Å²) >= 11 is 0. The molecule has 1 heterocycles. The molecule has 2 atom stereocenters. The quantitative estimate of drug-likeness (QED) is 0.818. The van der Waals surface area contributed by atoms with Crippen LogP contribution < -0.4 is 10.5 Å². The van der Waals surface area contributed by atoms with Gasteiger partial charge in [-0.25, -0.2) is 0 Å². The number of piperidine rings is 1. The van der Waals surface area contributed by atoms with E-state index in [0.717, 1.165) is 44.6 Å². The average molecular weight is 370 g/mol. The maximum absolute atomic E-state index is 10.4. The summed E-state index contributed by atoms with van der Waals surface area (Å²) in [7, 11) is 1.74. The van der Waals surface area contributed by atoms with Gasteiger partial charge in [0.2, 0.25) is 0 Å². The maximum atomic E-state index is 10.4. The lowest BCUT2D eigenvalue weighted by Crippen LogP contribution is -2.62. The SMILES string of the molecule is COc1ccc2ccccc2c1CN1CCC2(CC1)[C@H](O)C[C@@H]2OCCN. The highest BCUT2D eigenvalue weighted by molar-refractivity contribution is 5.87. The summed E-state index contributed by atoms with van der Waals surface area (Å²) in [6.45, 7) is 3.91. The van der Waals surface area contributed by atoms with Crippen molar-refractivity contribution in [2.45, 2.75) is 38.0 Å². The summed E-state index contributed by atoms with van der Waals surface area (Å²) in [4.78, 5) is 2.47. The second-order valence-corrected chi connectivity index (χ2v) is 7.88. The fraction of sp³-hybridized carbons (Fsp3) is 0.545. The first-order valence-electron chi connectivity index (χ1n) is 9.94. The number of aliphatic hydroxyl groups excluding tert-OH is 1. The molecule has 2 aromatic rings. The smallest absolute Gasteiger partial charge is 0.123 e. The van der Waals surface area contributed by atoms with E-state index in [2.05, 4.69) is 41.3 Å². The largest absolute Gasteiger partial charge is 0.496 e. The maximum Gasteiger partial charge on any atom is 0.123 e. The van der Waals surface area contributed by atoms with E-state index in [1.165, 1.54) is 16.3 Å². The van der Waals surface area contributed by atoms with Crippen LogP contribution in [0.4, 0.5) is 0 Å². The van der Waals surface area contributed by atoms with Gasteiger partial charge in [-0.3, -0.25) is 4.90 Å². The Balaban J connectivity index is 1.48. The Bertz CT molecular complexity index is 786. The molecule has 1 spiro atoms. The molecule has 27 heavy (non-hydrogen) atoms. The normalized spacial score (nSPS) is 24.9. The fourth-order valence-electron chi connectivity index (χ4n) is 4.85. The monoisotopic (exact) mass is 370 g/mol. The van der Waals surface area contributed by atoms with Crippen LogP contribution in [0.25, 0.3) is 10.8 Å². The van der Waals surface area contributed by atoms with Gasteiger partial charge in [0, 0.05) is 30.5 Å². The Kier molecular flexibility index (Phi) is 5.37. The van der Waals surface area contributed by atoms with Crippen molar-refractivity contribution in [3.05, 3.63) is 42.0 Å². The topological polar surface area (TPSA) is 68.0 Å². The minimum atomic E-state index is -0.241. The van der Waals surface area contributed by atoms with Gasteiger partial charge in [0.05, 0.1) is 25.9 Å². The van der Waals surface area contributed by atoms with Gasteiger partial charge in [-0.1, -0.05) is 30.3 Å². The van der Waals surface area contributed by atoms with Gasteiger partial charge < -0.3 is 20.3 Å². The van der Waals surface area contributed by atoms with Gasteiger partial charge >= 0.3 is 0 Å². The van der Waals surface area contributed by atoms with E-state index in [4.69, 9.17) is 15.2 Å². The van der Waals surface area contributed by atoms with Crippen LogP contribution in [-0.4, -0.2) is 55.6 Å². The van der Waals surface area contributed by atoms with Crippen LogP contribution in [0.5, 0.6) is 5.75 Å². The molecule has 0 aromatic heterocycles. The van der Waals surface area contributed by atoms with Crippen molar-refractivity contribution in [2.75, 3.05) is 33.4 Å². The van der Waals surface area contributed by atoms with Crippen LogP contribution in [-0.2, 0) is 11.3 Å². The molecule has 2 aliphatic rings. The second-order valence-electron chi connectivity index (χ2n) is 7.88. The number of nitrogens with zero attached hydrogens (tertiary/aromatic N) is 1. The highest BCUT2D eigenvalue weighted by Gasteiger charge is 2.56. The molecule has 0 unspecified atom stereocenters. The van der Waals surface area contributed by atoms with Crippen molar-refractivity contribution in [1.82, 2.24) is 4.90 Å². The van der Waals surface area contributed by atoms with Crippen LogP contribution in [0.3, 0.4) is 0 Å². The van der Waals surface area contributed by atoms with E-state index in [1.807, 2.05) is 0 Å². The second kappa shape index (κ2) is 7.76. The molecule has 3 N–H and O–H groups in total. The van der Waals surface area contributed by atoms with Crippen LogP contribution in [0, 0.1) is 5.41 Å². The number of likely N-dealkylation sites (tertiary alicyclic amines) is 1. The van der Waals surface area contributed by atoms with E-state index in [0.29, 0.717) is 13.2 Å². The Hall–Kier alpha value is -1.66. The molecule has 146 valence electrons. The van der Waals surface area contributed by atoms with Crippen molar-refractivity contribution in [2.24, 2.45) is 11.1 Å². The fourth-order valence-corrected chi connectivity index (χ4v) is 4.85. The summed E-state index contributed by atoms with van der Waals surface area (Å²) < 4.78 is 11.6. The third kappa shape index (κ3) is 3.34. The molecule has 5 nitrogen and oxygen atoms in total. The number of aliphatic hydroxyl groups is 1. The van der Waals surface area contributed by atoms with Crippen molar-refractivity contribution in [1.29, 1.82) is 0 Å². The Labute approximate surface area is 161 Å². The minimum absolute atomic E-state index is 0.0749. The van der Waals surface area contributed by atoms with E-state index in [-0.39, 0.29) is 17.6 Å². The third-order valence-corrected chi connectivity index (χ3v) is 6.57. The number of hydrogen-bond donors (Lipinski definition) is 2. The predicted molar refractivity (Wildman–Crippen MR) is 107 cm³/mol. The van der Waals surface area contributed by atoms with Crippen LogP contribution in [0.1, 0.15) is 24.8 Å². The van der Waals surface area contributed by atoms with E-state index < -0.39 is 0 Å². The summed E-state index contributed by atoms with van der Waals surface area (Å²) in [5.41, 5.74) is 6.75. The zero-order chi connectivity index (χ0) is 18.9. The van der Waals surface area contributed by atoms with E-state index >= 15 is 0 Å². The first-order valence-corrected chi connectivity index (χ1v) is 9.94. The van der Waals surface area contributed by atoms with Crippen molar-refractivity contribution >= 4 is 10.8 Å². The number of rotatable bonds is 6. The number of ether oxygens (including phenoxy) is 2. The molecule has 2 aromatic carbocycles. The van der Waals surface area contributed by atoms with Crippen LogP contribution >= 0.6 is 0 Å². The highest BCUT2D eigenvalue weighted by atomic mass is 16.5. The van der Waals surface area contributed by atoms with Gasteiger partial charge in [0.1, 0.15) is 5.75 Å². The number of methoxy groups -OCH3 is 1. The van der Waals surface area contributed by atoms with Crippen molar-refractivity contribution in [3.8, 4) is 5.75 Å². The number of nitrogens with two attached hydrogens (primary N) is 1. The van der Waals surface area contributed by atoms with Gasteiger partial charge in [-0.15, -0.1) is 0 Å². The standard InChI is InChI=1S/C22H30N2O3/c1-26-19-7-6-16-4-2-3-5-17(16)18(19)15-24-11-8-22(9-12-24)20(25)14-21(22)27-13-10-23/h2-7,20-21,25H,8-15,23H2,1H3/t20-,21+/m1/s1. The molecule has 2 fully saturated rings. The molecule has 1 saturated heterocycles. The minimum Gasteiger partial charge on any atom is -0.496 e.